The van der Waals surface area contributed by atoms with Crippen molar-refractivity contribution >= 4 is 11.7 Å². The van der Waals surface area contributed by atoms with E-state index in [-0.39, 0.29) is 5.97 Å². The molecule has 0 aromatic heterocycles. The van der Waals surface area contributed by atoms with Crippen molar-refractivity contribution in [1.82, 2.24) is 0 Å². The summed E-state index contributed by atoms with van der Waals surface area (Å²) in [5.74, 6) is 0.398. The van der Waals surface area contributed by atoms with E-state index in [1.54, 1.807) is 25.3 Å². The predicted molar refractivity (Wildman–Crippen MR) is 87.8 cm³/mol. The second kappa shape index (κ2) is 7.98. The van der Waals surface area contributed by atoms with Gasteiger partial charge in [0.15, 0.2) is 0 Å². The van der Waals surface area contributed by atoms with Gasteiger partial charge in [0, 0.05) is 0 Å². The Morgan fingerprint density at radius 1 is 1.04 bits per heavy atom. The molecule has 120 valence electrons. The summed E-state index contributed by atoms with van der Waals surface area (Å²) >= 11 is 0. The second-order valence-electron chi connectivity index (χ2n) is 4.87. The third-order valence-electron chi connectivity index (χ3n) is 3.27. The molecule has 0 bridgehead atoms. The monoisotopic (exact) mass is 313 g/mol. The van der Waals surface area contributed by atoms with Crippen LogP contribution < -0.4 is 4.74 Å². The van der Waals surface area contributed by atoms with Crippen molar-refractivity contribution in [1.29, 1.82) is 0 Å². The number of benzene rings is 2. The molecule has 0 aliphatic rings. The number of methoxy groups -OCH3 is 2. The summed E-state index contributed by atoms with van der Waals surface area (Å²) in [5, 5.41) is 4.10. The van der Waals surface area contributed by atoms with Crippen LogP contribution in [0.4, 0.5) is 0 Å². The van der Waals surface area contributed by atoms with Gasteiger partial charge in [0.2, 0.25) is 0 Å². The van der Waals surface area contributed by atoms with Crippen LogP contribution in [0, 0.1) is 0 Å². The molecule has 2 rings (SSSR count). The molecule has 0 saturated carbocycles. The number of rotatable bonds is 6. The maximum absolute atomic E-state index is 11.5. The molecule has 5 nitrogen and oxygen atoms in total. The number of hydrogen-bond acceptors (Lipinski definition) is 5. The van der Waals surface area contributed by atoms with E-state index in [4.69, 9.17) is 14.3 Å². The average molecular weight is 313 g/mol. The van der Waals surface area contributed by atoms with Gasteiger partial charge in [0.05, 0.1) is 25.5 Å². The Bertz CT molecular complexity index is 710. The van der Waals surface area contributed by atoms with E-state index >= 15 is 0 Å². The second-order valence-corrected chi connectivity index (χ2v) is 4.87. The van der Waals surface area contributed by atoms with Gasteiger partial charge in [-0.15, -0.1) is 0 Å². The van der Waals surface area contributed by atoms with Gasteiger partial charge in [-0.1, -0.05) is 29.4 Å². The number of hydrogen-bond donors (Lipinski definition) is 0. The van der Waals surface area contributed by atoms with Crippen molar-refractivity contribution in [2.24, 2.45) is 5.16 Å². The van der Waals surface area contributed by atoms with E-state index in [0.717, 1.165) is 16.9 Å². The fraction of sp³-hybridized carbons (Fsp3) is 0.222. The van der Waals surface area contributed by atoms with Gasteiger partial charge in [-0.25, -0.2) is 4.79 Å². The van der Waals surface area contributed by atoms with E-state index < -0.39 is 0 Å². The third-order valence-corrected chi connectivity index (χ3v) is 3.27. The predicted octanol–water partition coefficient (Wildman–Crippen LogP) is 3.42. The summed E-state index contributed by atoms with van der Waals surface area (Å²) in [6, 6.07) is 14.7. The highest BCUT2D eigenvalue weighted by atomic mass is 16.6. The van der Waals surface area contributed by atoms with Crippen LogP contribution in [0.25, 0.3) is 0 Å². The van der Waals surface area contributed by atoms with Gasteiger partial charge in [0.25, 0.3) is 0 Å². The summed E-state index contributed by atoms with van der Waals surface area (Å²) in [4.78, 5) is 16.9. The lowest BCUT2D eigenvalue weighted by Crippen LogP contribution is -2.04. The van der Waals surface area contributed by atoms with Crippen LogP contribution in [-0.2, 0) is 16.2 Å². The lowest BCUT2D eigenvalue weighted by molar-refractivity contribution is 0.0600. The van der Waals surface area contributed by atoms with Crippen molar-refractivity contribution in [2.75, 3.05) is 14.2 Å². The standard InChI is InChI=1S/C18H19NO4/c1-13(15-7-5-8-16(11-15)18(20)22-3)19-23-12-14-6-4-9-17(10-14)21-2/h4-11H,12H2,1-3H3/b19-13+. The summed E-state index contributed by atoms with van der Waals surface area (Å²) < 4.78 is 9.87. The van der Waals surface area contributed by atoms with Crippen LogP contribution >= 0.6 is 0 Å². The molecule has 0 atom stereocenters. The molecule has 0 saturated heterocycles. The Labute approximate surface area is 135 Å². The fourth-order valence-corrected chi connectivity index (χ4v) is 2.01. The molecule has 0 amide bonds. The zero-order valence-corrected chi connectivity index (χ0v) is 13.4. The van der Waals surface area contributed by atoms with Gasteiger partial charge in [-0.2, -0.15) is 0 Å². The first kappa shape index (κ1) is 16.5. The average Bonchev–Trinajstić information content (AvgIpc) is 2.61. The van der Waals surface area contributed by atoms with Crippen molar-refractivity contribution in [2.45, 2.75) is 13.5 Å². The number of carbonyl (C=O) groups is 1. The number of esters is 1. The zero-order valence-electron chi connectivity index (χ0n) is 13.4. The van der Waals surface area contributed by atoms with Crippen LogP contribution in [0.1, 0.15) is 28.4 Å². The number of carbonyl (C=O) groups excluding carboxylic acids is 1. The van der Waals surface area contributed by atoms with Crippen molar-refractivity contribution in [3.05, 3.63) is 65.2 Å². The Morgan fingerprint density at radius 2 is 1.78 bits per heavy atom. The number of oxime groups is 1. The largest absolute Gasteiger partial charge is 0.497 e. The molecular formula is C18H19NO4. The van der Waals surface area contributed by atoms with E-state index in [1.807, 2.05) is 37.3 Å². The molecule has 0 unspecified atom stereocenters. The number of nitrogens with zero attached hydrogens (tertiary/aromatic N) is 1. The minimum absolute atomic E-state index is 0.339. The van der Waals surface area contributed by atoms with Gasteiger partial charge >= 0.3 is 5.97 Å². The van der Waals surface area contributed by atoms with Crippen molar-refractivity contribution in [3.8, 4) is 5.75 Å². The zero-order chi connectivity index (χ0) is 16.7. The maximum atomic E-state index is 11.5. The molecule has 0 spiro atoms. The van der Waals surface area contributed by atoms with E-state index in [1.165, 1.54) is 7.11 Å². The summed E-state index contributed by atoms with van der Waals surface area (Å²) in [6.45, 7) is 2.16. The number of ether oxygens (including phenoxy) is 2. The molecule has 0 aliphatic heterocycles. The van der Waals surface area contributed by atoms with Crippen molar-refractivity contribution < 1.29 is 19.1 Å². The van der Waals surface area contributed by atoms with Crippen molar-refractivity contribution in [3.63, 3.8) is 0 Å². The molecule has 5 heteroatoms. The fourth-order valence-electron chi connectivity index (χ4n) is 2.01. The van der Waals surface area contributed by atoms with Gasteiger partial charge in [-0.05, 0) is 42.3 Å². The quantitative estimate of drug-likeness (QED) is 0.466. The first-order valence-corrected chi connectivity index (χ1v) is 7.12. The van der Waals surface area contributed by atoms with Crippen LogP contribution in [0.15, 0.2) is 53.7 Å². The SMILES string of the molecule is COC(=O)c1cccc(/C(C)=N/OCc2cccc(OC)c2)c1. The Kier molecular flexibility index (Phi) is 5.74. The first-order chi connectivity index (χ1) is 11.1. The Morgan fingerprint density at radius 3 is 2.52 bits per heavy atom. The molecule has 0 N–H and O–H groups in total. The molecule has 0 radical (unpaired) electrons. The summed E-state index contributed by atoms with van der Waals surface area (Å²) in [6.07, 6.45) is 0. The summed E-state index contributed by atoms with van der Waals surface area (Å²) in [5.41, 5.74) is 2.92. The molecule has 0 aliphatic carbocycles. The molecular weight excluding hydrogens is 294 g/mol. The molecule has 0 heterocycles. The van der Waals surface area contributed by atoms with Crippen LogP contribution in [0.5, 0.6) is 5.75 Å². The molecule has 2 aromatic carbocycles. The van der Waals surface area contributed by atoms with Crippen LogP contribution in [-0.4, -0.2) is 25.9 Å². The lowest BCUT2D eigenvalue weighted by atomic mass is 10.1. The Hall–Kier alpha value is -2.82. The maximum Gasteiger partial charge on any atom is 0.337 e. The summed E-state index contributed by atoms with van der Waals surface area (Å²) in [7, 11) is 2.98. The highest BCUT2D eigenvalue weighted by molar-refractivity contribution is 6.00. The minimum Gasteiger partial charge on any atom is -0.497 e. The Balaban J connectivity index is 2.03. The molecule has 0 fully saturated rings. The third kappa shape index (κ3) is 4.57. The normalized spacial score (nSPS) is 11.0. The van der Waals surface area contributed by atoms with Crippen LogP contribution in [0.2, 0.25) is 0 Å². The smallest absolute Gasteiger partial charge is 0.337 e. The minimum atomic E-state index is -0.378. The highest BCUT2D eigenvalue weighted by Gasteiger charge is 2.07. The van der Waals surface area contributed by atoms with E-state index in [0.29, 0.717) is 17.9 Å². The molecule has 2 aromatic rings. The van der Waals surface area contributed by atoms with Gasteiger partial charge in [0.1, 0.15) is 12.4 Å². The van der Waals surface area contributed by atoms with E-state index in [2.05, 4.69) is 5.16 Å². The highest BCUT2D eigenvalue weighted by Crippen LogP contribution is 2.14. The van der Waals surface area contributed by atoms with Gasteiger partial charge < -0.3 is 14.3 Å². The topological polar surface area (TPSA) is 57.1 Å². The van der Waals surface area contributed by atoms with Gasteiger partial charge in [-0.3, -0.25) is 0 Å². The first-order valence-electron chi connectivity index (χ1n) is 7.12. The van der Waals surface area contributed by atoms with E-state index in [9.17, 15) is 4.79 Å². The molecule has 23 heavy (non-hydrogen) atoms. The lowest BCUT2D eigenvalue weighted by Gasteiger charge is -2.06. The van der Waals surface area contributed by atoms with Crippen LogP contribution in [0.3, 0.4) is 0 Å².